The van der Waals surface area contributed by atoms with Crippen LogP contribution in [0.1, 0.15) is 90.9 Å². The van der Waals surface area contributed by atoms with Gasteiger partial charge in [0.05, 0.1) is 35.7 Å². The number of nitrogens with zero attached hydrogens (tertiary/aromatic N) is 4. The maximum Gasteiger partial charge on any atom is 0.225 e. The molecule has 0 radical (unpaired) electrons. The Morgan fingerprint density at radius 1 is 0.579 bits per heavy atom. The lowest BCUT2D eigenvalue weighted by atomic mass is 10.1. The number of rotatable bonds is 18. The van der Waals surface area contributed by atoms with Crippen molar-refractivity contribution in [2.24, 2.45) is 0 Å². The fourth-order valence-electron chi connectivity index (χ4n) is 4.15. The van der Waals surface area contributed by atoms with Crippen molar-refractivity contribution in [3.05, 3.63) is 48.6 Å². The first-order valence-electron chi connectivity index (χ1n) is 14.0. The third-order valence-corrected chi connectivity index (χ3v) is 6.36. The quantitative estimate of drug-likeness (QED) is 0.122. The zero-order valence-electron chi connectivity index (χ0n) is 22.7. The molecule has 0 aliphatic carbocycles. The van der Waals surface area contributed by atoms with Crippen molar-refractivity contribution in [3.8, 4) is 34.3 Å². The average Bonchev–Trinajstić information content (AvgIpc) is 2.92. The predicted molar refractivity (Wildman–Crippen MR) is 146 cm³/mol. The van der Waals surface area contributed by atoms with Gasteiger partial charge < -0.3 is 9.47 Å². The van der Waals surface area contributed by atoms with Gasteiger partial charge in [-0.05, 0) is 31.0 Å². The Kier molecular flexibility index (Phi) is 12.9. The smallest absolute Gasteiger partial charge is 0.225 e. The monoisotopic (exact) mass is 526 g/mol. The standard InChI is InChI=1S/C30H40F2N4O2/c1-3-5-7-9-11-13-19-37-27-17-15-23(29(31)35-27)25-21-26(34-22-33-25)24-16-18-28(36-30(24)32)38-20-14-12-10-8-6-4-2/h15-18,21-22H,3-14,19-20H2,1-2H3. The van der Waals surface area contributed by atoms with Crippen LogP contribution < -0.4 is 9.47 Å². The molecule has 0 fully saturated rings. The lowest BCUT2D eigenvalue weighted by Crippen LogP contribution is -2.02. The zero-order chi connectivity index (χ0) is 27.0. The molecular weight excluding hydrogens is 486 g/mol. The Morgan fingerprint density at radius 2 is 1.00 bits per heavy atom. The van der Waals surface area contributed by atoms with Crippen LogP contribution in [-0.2, 0) is 0 Å². The van der Waals surface area contributed by atoms with Gasteiger partial charge in [-0.15, -0.1) is 0 Å². The molecule has 0 saturated carbocycles. The molecule has 0 aromatic carbocycles. The van der Waals surface area contributed by atoms with E-state index in [0.717, 1.165) is 25.7 Å². The number of pyridine rings is 2. The highest BCUT2D eigenvalue weighted by atomic mass is 19.1. The van der Waals surface area contributed by atoms with Crippen LogP contribution in [0.4, 0.5) is 8.78 Å². The Labute approximate surface area is 225 Å². The Morgan fingerprint density at radius 3 is 1.42 bits per heavy atom. The first-order chi connectivity index (χ1) is 18.6. The van der Waals surface area contributed by atoms with Crippen molar-refractivity contribution in [1.82, 2.24) is 19.9 Å². The second-order valence-electron chi connectivity index (χ2n) is 9.50. The van der Waals surface area contributed by atoms with E-state index in [1.165, 1.54) is 63.8 Å². The summed E-state index contributed by atoms with van der Waals surface area (Å²) in [5.74, 6) is -0.930. The average molecular weight is 527 g/mol. The van der Waals surface area contributed by atoms with Crippen LogP contribution in [0.2, 0.25) is 0 Å². The molecule has 206 valence electrons. The normalized spacial score (nSPS) is 11.1. The van der Waals surface area contributed by atoms with Crippen molar-refractivity contribution in [2.45, 2.75) is 90.9 Å². The molecule has 38 heavy (non-hydrogen) atoms. The molecule has 0 bridgehead atoms. The van der Waals surface area contributed by atoms with Gasteiger partial charge in [-0.3, -0.25) is 0 Å². The molecule has 3 rings (SSSR count). The van der Waals surface area contributed by atoms with Crippen LogP contribution in [0.25, 0.3) is 22.5 Å². The largest absolute Gasteiger partial charge is 0.478 e. The second-order valence-corrected chi connectivity index (χ2v) is 9.50. The van der Waals surface area contributed by atoms with Gasteiger partial charge in [0.25, 0.3) is 0 Å². The molecule has 0 spiro atoms. The maximum absolute atomic E-state index is 14.8. The predicted octanol–water partition coefficient (Wildman–Crippen LogP) is 8.36. The van der Waals surface area contributed by atoms with Gasteiger partial charge in [-0.2, -0.15) is 18.7 Å². The van der Waals surface area contributed by atoms with Crippen LogP contribution >= 0.6 is 0 Å². The number of halogens is 2. The molecule has 3 aromatic heterocycles. The van der Waals surface area contributed by atoms with E-state index in [9.17, 15) is 8.78 Å². The molecule has 0 aliphatic rings. The number of ether oxygens (including phenoxy) is 2. The Balaban J connectivity index is 1.56. The Hall–Kier alpha value is -3.16. The van der Waals surface area contributed by atoms with E-state index >= 15 is 0 Å². The molecule has 0 aliphatic heterocycles. The van der Waals surface area contributed by atoms with E-state index in [1.807, 2.05) is 0 Å². The fourth-order valence-corrected chi connectivity index (χ4v) is 4.15. The summed E-state index contributed by atoms with van der Waals surface area (Å²) >= 11 is 0. The van der Waals surface area contributed by atoms with E-state index in [4.69, 9.17) is 9.47 Å². The topological polar surface area (TPSA) is 70.0 Å². The molecule has 0 unspecified atom stereocenters. The van der Waals surface area contributed by atoms with Crippen LogP contribution in [0.3, 0.4) is 0 Å². The van der Waals surface area contributed by atoms with Crippen molar-refractivity contribution in [2.75, 3.05) is 13.2 Å². The molecule has 3 aromatic rings. The van der Waals surface area contributed by atoms with Crippen LogP contribution in [-0.4, -0.2) is 33.1 Å². The van der Waals surface area contributed by atoms with Gasteiger partial charge in [0.2, 0.25) is 23.7 Å². The van der Waals surface area contributed by atoms with Crippen molar-refractivity contribution in [3.63, 3.8) is 0 Å². The highest BCUT2D eigenvalue weighted by Gasteiger charge is 2.15. The van der Waals surface area contributed by atoms with E-state index < -0.39 is 11.9 Å². The minimum atomic E-state index is -0.702. The summed E-state index contributed by atoms with van der Waals surface area (Å²) in [5, 5.41) is 0. The first kappa shape index (κ1) is 29.4. The van der Waals surface area contributed by atoms with Crippen molar-refractivity contribution >= 4 is 0 Å². The van der Waals surface area contributed by atoms with E-state index in [1.54, 1.807) is 24.3 Å². The third-order valence-electron chi connectivity index (χ3n) is 6.36. The number of hydrogen-bond donors (Lipinski definition) is 0. The summed E-state index contributed by atoms with van der Waals surface area (Å²) < 4.78 is 40.8. The van der Waals surface area contributed by atoms with Gasteiger partial charge >= 0.3 is 0 Å². The minimum absolute atomic E-state index is 0.188. The Bertz CT molecular complexity index is 1030. The van der Waals surface area contributed by atoms with Crippen LogP contribution in [0.15, 0.2) is 36.7 Å². The first-order valence-corrected chi connectivity index (χ1v) is 14.0. The van der Waals surface area contributed by atoms with E-state index in [2.05, 4.69) is 33.8 Å². The van der Waals surface area contributed by atoms with Gasteiger partial charge in [0.15, 0.2) is 0 Å². The molecule has 3 heterocycles. The second kappa shape index (κ2) is 16.6. The third kappa shape index (κ3) is 9.62. The summed E-state index contributed by atoms with van der Waals surface area (Å²) in [4.78, 5) is 16.2. The van der Waals surface area contributed by atoms with Crippen molar-refractivity contribution < 1.29 is 18.3 Å². The SMILES string of the molecule is CCCCCCCCOc1ccc(-c2cc(-c3ccc(OCCCCCCCC)nc3F)ncn2)c(F)n1. The summed E-state index contributed by atoms with van der Waals surface area (Å²) in [7, 11) is 0. The summed E-state index contributed by atoms with van der Waals surface area (Å²) in [6.07, 6.45) is 15.0. The molecular formula is C30H40F2N4O2. The van der Waals surface area contributed by atoms with Gasteiger partial charge in [-0.25, -0.2) is 9.97 Å². The number of unbranched alkanes of at least 4 members (excludes halogenated alkanes) is 10. The molecule has 0 atom stereocenters. The fraction of sp³-hybridized carbons (Fsp3) is 0.533. The minimum Gasteiger partial charge on any atom is -0.478 e. The molecule has 0 N–H and O–H groups in total. The molecule has 0 amide bonds. The lowest BCUT2D eigenvalue weighted by molar-refractivity contribution is 0.289. The summed E-state index contributed by atoms with van der Waals surface area (Å²) in [6.45, 7) is 5.38. The van der Waals surface area contributed by atoms with Gasteiger partial charge in [0.1, 0.15) is 6.33 Å². The zero-order valence-corrected chi connectivity index (χ0v) is 22.7. The van der Waals surface area contributed by atoms with Crippen molar-refractivity contribution in [1.29, 1.82) is 0 Å². The highest BCUT2D eigenvalue weighted by Crippen LogP contribution is 2.27. The summed E-state index contributed by atoms with van der Waals surface area (Å²) in [5.41, 5.74) is 0.969. The van der Waals surface area contributed by atoms with Crippen LogP contribution in [0, 0.1) is 11.9 Å². The van der Waals surface area contributed by atoms with E-state index in [0.29, 0.717) is 24.6 Å². The van der Waals surface area contributed by atoms with E-state index in [-0.39, 0.29) is 22.9 Å². The molecule has 8 heteroatoms. The maximum atomic E-state index is 14.8. The number of hydrogen-bond acceptors (Lipinski definition) is 6. The molecule has 6 nitrogen and oxygen atoms in total. The van der Waals surface area contributed by atoms with Gasteiger partial charge in [0, 0.05) is 12.1 Å². The highest BCUT2D eigenvalue weighted by molar-refractivity contribution is 5.67. The van der Waals surface area contributed by atoms with Crippen LogP contribution in [0.5, 0.6) is 11.8 Å². The van der Waals surface area contributed by atoms with Gasteiger partial charge in [-0.1, -0.05) is 78.1 Å². The molecule has 0 saturated heterocycles. The summed E-state index contributed by atoms with van der Waals surface area (Å²) in [6, 6.07) is 7.90. The lowest BCUT2D eigenvalue weighted by Gasteiger charge is -2.09. The number of aromatic nitrogens is 4.